The molecule has 3 rings (SSSR count). The van der Waals surface area contributed by atoms with Gasteiger partial charge in [-0.1, -0.05) is 35.9 Å². The summed E-state index contributed by atoms with van der Waals surface area (Å²) in [6.45, 7) is 1.29. The minimum atomic E-state index is -0.152. The summed E-state index contributed by atoms with van der Waals surface area (Å²) >= 11 is 7.37. The van der Waals surface area contributed by atoms with Gasteiger partial charge < -0.3 is 10.6 Å². The quantitative estimate of drug-likeness (QED) is 0.915. The molecule has 0 bridgehead atoms. The van der Waals surface area contributed by atoms with E-state index in [1.807, 2.05) is 24.3 Å². The number of carbonyl (C=O) groups excluding carboxylic acids is 1. The Morgan fingerprint density at radius 3 is 2.85 bits per heavy atom. The summed E-state index contributed by atoms with van der Waals surface area (Å²) in [7, 11) is 0. The molecule has 0 saturated heterocycles. The van der Waals surface area contributed by atoms with E-state index in [1.54, 1.807) is 0 Å². The van der Waals surface area contributed by atoms with Crippen LogP contribution in [0.2, 0.25) is 4.34 Å². The molecule has 1 aromatic carbocycles. The van der Waals surface area contributed by atoms with Crippen molar-refractivity contribution in [1.29, 1.82) is 0 Å². The lowest BCUT2D eigenvalue weighted by Gasteiger charge is -2.25. The van der Waals surface area contributed by atoms with E-state index in [1.165, 1.54) is 22.5 Å². The van der Waals surface area contributed by atoms with E-state index in [-0.39, 0.29) is 11.9 Å². The van der Waals surface area contributed by atoms with Gasteiger partial charge in [-0.05, 0) is 29.7 Å². The second kappa shape index (κ2) is 5.95. The zero-order valence-electron chi connectivity index (χ0n) is 10.9. The number of carbonyl (C=O) groups is 1. The molecule has 104 valence electrons. The summed E-state index contributed by atoms with van der Waals surface area (Å²) in [5, 5.41) is 6.24. The number of thiophene rings is 1. The van der Waals surface area contributed by atoms with Crippen molar-refractivity contribution in [3.8, 4) is 0 Å². The molecule has 0 saturated carbocycles. The van der Waals surface area contributed by atoms with E-state index in [4.69, 9.17) is 11.6 Å². The molecule has 2 heterocycles. The van der Waals surface area contributed by atoms with Gasteiger partial charge in [0.2, 0.25) is 5.91 Å². The summed E-state index contributed by atoms with van der Waals surface area (Å²) in [6, 6.07) is 11.9. The summed E-state index contributed by atoms with van der Waals surface area (Å²) in [5.41, 5.74) is 2.53. The van der Waals surface area contributed by atoms with Gasteiger partial charge in [0, 0.05) is 11.4 Å². The highest BCUT2D eigenvalue weighted by molar-refractivity contribution is 7.16. The number of halogens is 1. The topological polar surface area (TPSA) is 41.1 Å². The van der Waals surface area contributed by atoms with Crippen molar-refractivity contribution >= 4 is 28.8 Å². The second-order valence-electron chi connectivity index (χ2n) is 4.83. The molecule has 0 radical (unpaired) electrons. The standard InChI is InChI=1S/C15H15ClN2OS/c16-14-6-5-12(20-14)9-18-15(19)13-7-10-3-1-2-4-11(10)8-17-13/h1-6,13,17H,7-9H2,(H,18,19). The molecule has 1 unspecified atom stereocenters. The molecule has 3 nitrogen and oxygen atoms in total. The third-order valence-corrected chi connectivity index (χ3v) is 4.69. The van der Waals surface area contributed by atoms with Crippen molar-refractivity contribution in [1.82, 2.24) is 10.6 Å². The number of hydrogen-bond acceptors (Lipinski definition) is 3. The van der Waals surface area contributed by atoms with Gasteiger partial charge in [-0.25, -0.2) is 0 Å². The Labute approximate surface area is 127 Å². The number of fused-ring (bicyclic) bond motifs is 1. The molecule has 1 aromatic heterocycles. The minimum Gasteiger partial charge on any atom is -0.350 e. The maximum atomic E-state index is 12.2. The summed E-state index contributed by atoms with van der Waals surface area (Å²) in [5.74, 6) is 0.0454. The lowest BCUT2D eigenvalue weighted by molar-refractivity contribution is -0.123. The monoisotopic (exact) mass is 306 g/mol. The van der Waals surface area contributed by atoms with Gasteiger partial charge in [-0.3, -0.25) is 4.79 Å². The third kappa shape index (κ3) is 3.03. The van der Waals surface area contributed by atoms with Crippen LogP contribution < -0.4 is 10.6 Å². The van der Waals surface area contributed by atoms with Gasteiger partial charge >= 0.3 is 0 Å². The van der Waals surface area contributed by atoms with Gasteiger partial charge in [-0.2, -0.15) is 0 Å². The minimum absolute atomic E-state index is 0.0454. The lowest BCUT2D eigenvalue weighted by Crippen LogP contribution is -2.47. The lowest BCUT2D eigenvalue weighted by atomic mass is 9.95. The van der Waals surface area contributed by atoms with Gasteiger partial charge in [-0.15, -0.1) is 11.3 Å². The van der Waals surface area contributed by atoms with Crippen LogP contribution in [0.15, 0.2) is 36.4 Å². The fraction of sp³-hybridized carbons (Fsp3) is 0.267. The van der Waals surface area contributed by atoms with Gasteiger partial charge in [0.15, 0.2) is 0 Å². The van der Waals surface area contributed by atoms with Gasteiger partial charge in [0.1, 0.15) is 0 Å². The van der Waals surface area contributed by atoms with Crippen molar-refractivity contribution in [3.05, 3.63) is 56.7 Å². The molecule has 1 aliphatic heterocycles. The smallest absolute Gasteiger partial charge is 0.237 e. The predicted molar refractivity (Wildman–Crippen MR) is 81.9 cm³/mol. The van der Waals surface area contributed by atoms with Crippen LogP contribution >= 0.6 is 22.9 Å². The van der Waals surface area contributed by atoms with Crippen molar-refractivity contribution < 1.29 is 4.79 Å². The second-order valence-corrected chi connectivity index (χ2v) is 6.63. The van der Waals surface area contributed by atoms with E-state index < -0.39 is 0 Å². The molecular formula is C15H15ClN2OS. The SMILES string of the molecule is O=C(NCc1ccc(Cl)s1)C1Cc2ccccc2CN1. The highest BCUT2D eigenvalue weighted by Crippen LogP contribution is 2.21. The zero-order valence-corrected chi connectivity index (χ0v) is 12.4. The Morgan fingerprint density at radius 2 is 2.10 bits per heavy atom. The molecule has 0 aliphatic carbocycles. The molecule has 1 aliphatic rings. The Bertz CT molecular complexity index is 626. The highest BCUT2D eigenvalue weighted by Gasteiger charge is 2.23. The van der Waals surface area contributed by atoms with E-state index in [9.17, 15) is 4.79 Å². The van der Waals surface area contributed by atoms with Crippen LogP contribution in [0.3, 0.4) is 0 Å². The molecule has 0 fully saturated rings. The molecule has 20 heavy (non-hydrogen) atoms. The largest absolute Gasteiger partial charge is 0.350 e. The van der Waals surface area contributed by atoms with Gasteiger partial charge in [0.05, 0.1) is 16.9 Å². The molecule has 2 aromatic rings. The maximum Gasteiger partial charge on any atom is 0.237 e. The Balaban J connectivity index is 1.59. The first kappa shape index (κ1) is 13.6. The Kier molecular flexibility index (Phi) is 4.05. The predicted octanol–water partition coefficient (Wildman–Crippen LogP) is 2.73. The molecule has 1 amide bonds. The number of rotatable bonds is 3. The normalized spacial score (nSPS) is 17.6. The summed E-state index contributed by atoms with van der Waals surface area (Å²) in [6.07, 6.45) is 0.743. The molecular weight excluding hydrogens is 292 g/mol. The number of benzene rings is 1. The number of hydrogen-bond donors (Lipinski definition) is 2. The first-order valence-corrected chi connectivity index (χ1v) is 7.74. The fourth-order valence-electron chi connectivity index (χ4n) is 2.38. The highest BCUT2D eigenvalue weighted by atomic mass is 35.5. The van der Waals surface area contributed by atoms with Crippen molar-refractivity contribution in [2.45, 2.75) is 25.6 Å². The van der Waals surface area contributed by atoms with Crippen molar-refractivity contribution in [2.24, 2.45) is 0 Å². The van der Waals surface area contributed by atoms with E-state index in [0.29, 0.717) is 6.54 Å². The van der Waals surface area contributed by atoms with Crippen LogP contribution in [0.1, 0.15) is 16.0 Å². The molecule has 5 heteroatoms. The van der Waals surface area contributed by atoms with Crippen LogP contribution in [-0.4, -0.2) is 11.9 Å². The van der Waals surface area contributed by atoms with Crippen molar-refractivity contribution in [2.75, 3.05) is 0 Å². The average Bonchev–Trinajstić information content (AvgIpc) is 2.90. The van der Waals surface area contributed by atoms with Crippen LogP contribution in [-0.2, 0) is 24.3 Å². The first-order chi connectivity index (χ1) is 9.72. The fourth-order valence-corrected chi connectivity index (χ4v) is 3.41. The molecule has 0 spiro atoms. The van der Waals surface area contributed by atoms with Crippen molar-refractivity contribution in [3.63, 3.8) is 0 Å². The Hall–Kier alpha value is -1.36. The van der Waals surface area contributed by atoms with Crippen LogP contribution in [0.4, 0.5) is 0 Å². The molecule has 1 atom stereocenters. The van der Waals surface area contributed by atoms with Gasteiger partial charge in [0.25, 0.3) is 0 Å². The summed E-state index contributed by atoms with van der Waals surface area (Å²) < 4.78 is 0.749. The van der Waals surface area contributed by atoms with Crippen LogP contribution in [0.5, 0.6) is 0 Å². The molecule has 2 N–H and O–H groups in total. The Morgan fingerprint density at radius 1 is 1.30 bits per heavy atom. The number of amides is 1. The first-order valence-electron chi connectivity index (χ1n) is 6.54. The average molecular weight is 307 g/mol. The summed E-state index contributed by atoms with van der Waals surface area (Å²) in [4.78, 5) is 13.3. The number of nitrogens with one attached hydrogen (secondary N) is 2. The van der Waals surface area contributed by atoms with Crippen LogP contribution in [0.25, 0.3) is 0 Å². The van der Waals surface area contributed by atoms with Crippen LogP contribution in [0, 0.1) is 0 Å². The third-order valence-electron chi connectivity index (χ3n) is 3.46. The zero-order chi connectivity index (χ0) is 13.9. The van der Waals surface area contributed by atoms with E-state index in [0.717, 1.165) is 22.2 Å². The van der Waals surface area contributed by atoms with E-state index >= 15 is 0 Å². The van der Waals surface area contributed by atoms with E-state index in [2.05, 4.69) is 22.8 Å². The maximum absolute atomic E-state index is 12.2.